The average molecular weight is 254 g/mol. The van der Waals surface area contributed by atoms with E-state index in [-0.39, 0.29) is 5.54 Å². The molecular weight excluding hydrogens is 234 g/mol. The third kappa shape index (κ3) is 3.18. The fourth-order valence-corrected chi connectivity index (χ4v) is 2.41. The molecule has 3 nitrogen and oxygen atoms in total. The van der Waals surface area contributed by atoms with Crippen LogP contribution in [0.4, 0.5) is 0 Å². The van der Waals surface area contributed by atoms with E-state index in [4.69, 9.17) is 11.6 Å². The summed E-state index contributed by atoms with van der Waals surface area (Å²) in [6, 6.07) is 2.54. The summed E-state index contributed by atoms with van der Waals surface area (Å²) >= 11 is 6.16. The van der Waals surface area contributed by atoms with Crippen molar-refractivity contribution in [1.82, 2.24) is 15.2 Å². The van der Waals surface area contributed by atoms with Crippen LogP contribution in [0.1, 0.15) is 26.3 Å². The SMILES string of the molecule is CC1CNC(C)(C)CN1Cc1ccncc1Cl. The standard InChI is InChI=1S/C13H20ClN3/c1-10-6-16-13(2,3)9-17(10)8-11-4-5-15-7-12(11)14/h4-5,7,10,16H,6,8-9H2,1-3H3. The molecule has 0 aliphatic carbocycles. The summed E-state index contributed by atoms with van der Waals surface area (Å²) in [5, 5.41) is 4.31. The maximum Gasteiger partial charge on any atom is 0.0634 e. The van der Waals surface area contributed by atoms with E-state index < -0.39 is 0 Å². The van der Waals surface area contributed by atoms with Gasteiger partial charge in [0.25, 0.3) is 0 Å². The minimum Gasteiger partial charge on any atom is -0.309 e. The Balaban J connectivity index is 2.10. The highest BCUT2D eigenvalue weighted by Crippen LogP contribution is 2.21. The molecule has 0 amide bonds. The molecule has 1 unspecified atom stereocenters. The Morgan fingerprint density at radius 3 is 3.06 bits per heavy atom. The highest BCUT2D eigenvalue weighted by atomic mass is 35.5. The van der Waals surface area contributed by atoms with Crippen LogP contribution in [0, 0.1) is 0 Å². The van der Waals surface area contributed by atoms with Gasteiger partial charge in [-0.05, 0) is 32.4 Å². The van der Waals surface area contributed by atoms with E-state index in [1.165, 1.54) is 0 Å². The number of hydrogen-bond donors (Lipinski definition) is 1. The van der Waals surface area contributed by atoms with E-state index in [0.29, 0.717) is 6.04 Å². The molecule has 4 heteroatoms. The zero-order chi connectivity index (χ0) is 12.5. The van der Waals surface area contributed by atoms with Gasteiger partial charge in [0.05, 0.1) is 5.02 Å². The van der Waals surface area contributed by atoms with Crippen molar-refractivity contribution in [3.8, 4) is 0 Å². The van der Waals surface area contributed by atoms with E-state index in [2.05, 4.69) is 36.0 Å². The average Bonchev–Trinajstić information content (AvgIpc) is 2.26. The highest BCUT2D eigenvalue weighted by Gasteiger charge is 2.30. The fourth-order valence-electron chi connectivity index (χ4n) is 2.24. The number of pyridine rings is 1. The molecule has 94 valence electrons. The lowest BCUT2D eigenvalue weighted by Gasteiger charge is -2.43. The molecular formula is C13H20ClN3. The molecule has 0 radical (unpaired) electrons. The van der Waals surface area contributed by atoms with E-state index >= 15 is 0 Å². The Kier molecular flexibility index (Phi) is 3.71. The Bertz CT molecular complexity index is 392. The number of rotatable bonds is 2. The second-order valence-corrected chi connectivity index (χ2v) is 5.89. The Hall–Kier alpha value is -0.640. The predicted octanol–water partition coefficient (Wildman–Crippen LogP) is 2.31. The van der Waals surface area contributed by atoms with Gasteiger partial charge in [-0.1, -0.05) is 11.6 Å². The lowest BCUT2D eigenvalue weighted by atomic mass is 9.99. The van der Waals surface area contributed by atoms with Crippen molar-refractivity contribution in [2.45, 2.75) is 38.9 Å². The van der Waals surface area contributed by atoms with Crippen molar-refractivity contribution in [1.29, 1.82) is 0 Å². The van der Waals surface area contributed by atoms with Crippen LogP contribution in [0.2, 0.25) is 5.02 Å². The highest BCUT2D eigenvalue weighted by molar-refractivity contribution is 6.31. The number of halogens is 1. The van der Waals surface area contributed by atoms with Crippen molar-refractivity contribution in [3.05, 3.63) is 29.0 Å². The molecule has 1 fully saturated rings. The van der Waals surface area contributed by atoms with Gasteiger partial charge in [-0.3, -0.25) is 9.88 Å². The van der Waals surface area contributed by atoms with Crippen molar-refractivity contribution >= 4 is 11.6 Å². The second kappa shape index (κ2) is 4.92. The number of hydrogen-bond acceptors (Lipinski definition) is 3. The molecule has 0 bridgehead atoms. The minimum absolute atomic E-state index is 0.173. The number of nitrogens with one attached hydrogen (secondary N) is 1. The summed E-state index contributed by atoms with van der Waals surface area (Å²) in [6.45, 7) is 9.67. The zero-order valence-corrected chi connectivity index (χ0v) is 11.5. The minimum atomic E-state index is 0.173. The van der Waals surface area contributed by atoms with E-state index in [1.54, 1.807) is 12.4 Å². The fraction of sp³-hybridized carbons (Fsp3) is 0.615. The third-order valence-corrected chi connectivity index (χ3v) is 3.67. The summed E-state index contributed by atoms with van der Waals surface area (Å²) in [7, 11) is 0. The van der Waals surface area contributed by atoms with Crippen molar-refractivity contribution in [3.63, 3.8) is 0 Å². The van der Waals surface area contributed by atoms with Gasteiger partial charge >= 0.3 is 0 Å². The number of nitrogens with zero attached hydrogens (tertiary/aromatic N) is 2. The quantitative estimate of drug-likeness (QED) is 0.877. The molecule has 0 saturated carbocycles. The topological polar surface area (TPSA) is 28.2 Å². The van der Waals surface area contributed by atoms with Crippen molar-refractivity contribution in [2.24, 2.45) is 0 Å². The van der Waals surface area contributed by atoms with Gasteiger partial charge in [0.2, 0.25) is 0 Å². The van der Waals surface area contributed by atoms with Crippen LogP contribution in [-0.4, -0.2) is 34.6 Å². The first kappa shape index (κ1) is 12.8. The third-order valence-electron chi connectivity index (χ3n) is 3.33. The summed E-state index contributed by atoms with van der Waals surface area (Å²) in [6.07, 6.45) is 3.52. The van der Waals surface area contributed by atoms with Crippen LogP contribution in [0.5, 0.6) is 0 Å². The van der Waals surface area contributed by atoms with Gasteiger partial charge in [0.1, 0.15) is 0 Å². The van der Waals surface area contributed by atoms with Gasteiger partial charge < -0.3 is 5.32 Å². The molecule has 17 heavy (non-hydrogen) atoms. The van der Waals surface area contributed by atoms with Crippen LogP contribution < -0.4 is 5.32 Å². The molecule has 2 rings (SSSR count). The monoisotopic (exact) mass is 253 g/mol. The van der Waals surface area contributed by atoms with Crippen LogP contribution in [-0.2, 0) is 6.54 Å². The van der Waals surface area contributed by atoms with Gasteiger partial charge in [-0.25, -0.2) is 0 Å². The summed E-state index contributed by atoms with van der Waals surface area (Å²) in [5.74, 6) is 0. The number of aromatic nitrogens is 1. The molecule has 0 aromatic carbocycles. The Morgan fingerprint density at radius 2 is 2.35 bits per heavy atom. The van der Waals surface area contributed by atoms with Gasteiger partial charge in [0.15, 0.2) is 0 Å². The molecule has 1 atom stereocenters. The summed E-state index contributed by atoms with van der Waals surface area (Å²) in [4.78, 5) is 6.49. The lowest BCUT2D eigenvalue weighted by molar-refractivity contribution is 0.0978. The van der Waals surface area contributed by atoms with Crippen LogP contribution in [0.3, 0.4) is 0 Å². The van der Waals surface area contributed by atoms with E-state index in [0.717, 1.165) is 30.2 Å². The van der Waals surface area contributed by atoms with Crippen molar-refractivity contribution < 1.29 is 0 Å². The summed E-state index contributed by atoms with van der Waals surface area (Å²) < 4.78 is 0. The van der Waals surface area contributed by atoms with Gasteiger partial charge in [-0.2, -0.15) is 0 Å². The first-order valence-electron chi connectivity index (χ1n) is 6.05. The molecule has 1 aromatic heterocycles. The maximum atomic E-state index is 6.16. The molecule has 2 heterocycles. The van der Waals surface area contributed by atoms with Gasteiger partial charge in [-0.15, -0.1) is 0 Å². The second-order valence-electron chi connectivity index (χ2n) is 5.49. The normalized spacial score (nSPS) is 24.8. The Morgan fingerprint density at radius 1 is 1.59 bits per heavy atom. The van der Waals surface area contributed by atoms with Gasteiger partial charge in [0, 0.05) is 43.6 Å². The van der Waals surface area contributed by atoms with Crippen LogP contribution in [0.25, 0.3) is 0 Å². The largest absolute Gasteiger partial charge is 0.309 e. The van der Waals surface area contributed by atoms with Crippen LogP contribution >= 0.6 is 11.6 Å². The Labute approximate surface area is 108 Å². The first-order valence-corrected chi connectivity index (χ1v) is 6.43. The van der Waals surface area contributed by atoms with E-state index in [9.17, 15) is 0 Å². The lowest BCUT2D eigenvalue weighted by Crippen LogP contribution is -2.60. The zero-order valence-electron chi connectivity index (χ0n) is 10.7. The van der Waals surface area contributed by atoms with E-state index in [1.807, 2.05) is 6.07 Å². The molecule has 1 aromatic rings. The smallest absolute Gasteiger partial charge is 0.0634 e. The van der Waals surface area contributed by atoms with Crippen LogP contribution in [0.15, 0.2) is 18.5 Å². The summed E-state index contributed by atoms with van der Waals surface area (Å²) in [5.41, 5.74) is 1.33. The number of piperazine rings is 1. The first-order chi connectivity index (χ1) is 7.98. The molecule has 0 spiro atoms. The predicted molar refractivity (Wildman–Crippen MR) is 71.2 cm³/mol. The molecule has 1 aliphatic rings. The molecule has 1 saturated heterocycles. The molecule has 1 aliphatic heterocycles. The molecule has 1 N–H and O–H groups in total. The maximum absolute atomic E-state index is 6.16. The van der Waals surface area contributed by atoms with Crippen molar-refractivity contribution in [2.75, 3.05) is 13.1 Å².